The molecule has 23 heavy (non-hydrogen) atoms. The zero-order valence-electron chi connectivity index (χ0n) is 13.7. The minimum atomic E-state index is -3.16. The van der Waals surface area contributed by atoms with Crippen molar-refractivity contribution in [3.63, 3.8) is 0 Å². The van der Waals surface area contributed by atoms with Crippen LogP contribution in [-0.2, 0) is 14.8 Å². The molecule has 0 unspecified atom stereocenters. The fraction of sp³-hybridized carbons (Fsp3) is 0.588. The normalized spacial score (nSPS) is 25.6. The monoisotopic (exact) mass is 336 g/mol. The lowest BCUT2D eigenvalue weighted by atomic mass is 10.0. The summed E-state index contributed by atoms with van der Waals surface area (Å²) >= 11 is 0. The molecule has 1 saturated carbocycles. The minimum absolute atomic E-state index is 0.0122. The first-order valence-corrected chi connectivity index (χ1v) is 9.99. The lowest BCUT2D eigenvalue weighted by Crippen LogP contribution is -2.47. The fourth-order valence-electron chi connectivity index (χ4n) is 3.49. The van der Waals surface area contributed by atoms with Gasteiger partial charge in [-0.25, -0.2) is 12.7 Å². The van der Waals surface area contributed by atoms with Crippen LogP contribution in [0.3, 0.4) is 0 Å². The van der Waals surface area contributed by atoms with E-state index < -0.39 is 10.0 Å². The van der Waals surface area contributed by atoms with Gasteiger partial charge in [-0.05, 0) is 30.7 Å². The van der Waals surface area contributed by atoms with Gasteiger partial charge in [0.1, 0.15) is 0 Å². The second-order valence-electron chi connectivity index (χ2n) is 6.70. The molecular formula is C17H24N2O3S. The van der Waals surface area contributed by atoms with Crippen LogP contribution in [0.15, 0.2) is 30.3 Å². The molecule has 126 valence electrons. The van der Waals surface area contributed by atoms with Crippen LogP contribution < -0.4 is 0 Å². The summed E-state index contributed by atoms with van der Waals surface area (Å²) in [7, 11) is -1.53. The molecule has 1 aliphatic carbocycles. The molecule has 0 radical (unpaired) electrons. The van der Waals surface area contributed by atoms with Gasteiger partial charge in [0.15, 0.2) is 0 Å². The number of benzene rings is 1. The Balaban J connectivity index is 1.54. The van der Waals surface area contributed by atoms with Crippen LogP contribution in [0.2, 0.25) is 0 Å². The highest BCUT2D eigenvalue weighted by Gasteiger charge is 2.46. The highest BCUT2D eigenvalue weighted by Crippen LogP contribution is 2.48. The average molecular weight is 336 g/mol. The number of sulfonamides is 1. The van der Waals surface area contributed by atoms with Crippen LogP contribution in [-0.4, -0.2) is 56.0 Å². The zero-order valence-corrected chi connectivity index (χ0v) is 14.5. The Morgan fingerprint density at radius 1 is 1.17 bits per heavy atom. The van der Waals surface area contributed by atoms with Crippen LogP contribution in [0.4, 0.5) is 0 Å². The Hall–Kier alpha value is -1.40. The molecule has 2 fully saturated rings. The number of carbonyl (C=O) groups excluding carboxylic acids is 1. The molecule has 0 N–H and O–H groups in total. The number of hydrogen-bond acceptors (Lipinski definition) is 3. The van der Waals surface area contributed by atoms with E-state index in [0.29, 0.717) is 19.0 Å². The predicted octanol–water partition coefficient (Wildman–Crippen LogP) is 1.67. The molecule has 1 aromatic carbocycles. The van der Waals surface area contributed by atoms with Crippen LogP contribution in [0.25, 0.3) is 0 Å². The molecule has 6 heteroatoms. The van der Waals surface area contributed by atoms with Crippen LogP contribution in [0.5, 0.6) is 0 Å². The maximum Gasteiger partial charge on any atom is 0.226 e. The van der Waals surface area contributed by atoms with Crippen molar-refractivity contribution in [2.24, 2.45) is 5.92 Å². The molecule has 1 heterocycles. The summed E-state index contributed by atoms with van der Waals surface area (Å²) in [5.41, 5.74) is 1.25. The summed E-state index contributed by atoms with van der Waals surface area (Å²) in [5.74, 6) is 0.709. The van der Waals surface area contributed by atoms with E-state index in [-0.39, 0.29) is 17.9 Å². The largest absolute Gasteiger partial charge is 0.342 e. The van der Waals surface area contributed by atoms with E-state index in [1.165, 1.54) is 16.1 Å². The maximum atomic E-state index is 12.6. The lowest BCUT2D eigenvalue weighted by molar-refractivity contribution is -0.134. The fourth-order valence-corrected chi connectivity index (χ4v) is 4.24. The number of piperidine rings is 1. The first-order valence-electron chi connectivity index (χ1n) is 8.14. The number of amides is 1. The summed E-state index contributed by atoms with van der Waals surface area (Å²) in [5, 5.41) is 0. The predicted molar refractivity (Wildman–Crippen MR) is 89.5 cm³/mol. The Morgan fingerprint density at radius 3 is 2.35 bits per heavy atom. The first kappa shape index (κ1) is 16.5. The highest BCUT2D eigenvalue weighted by atomic mass is 32.2. The minimum Gasteiger partial charge on any atom is -0.342 e. The van der Waals surface area contributed by atoms with E-state index in [9.17, 15) is 13.2 Å². The van der Waals surface area contributed by atoms with Crippen molar-refractivity contribution in [3.05, 3.63) is 35.9 Å². The van der Waals surface area contributed by atoms with Crippen molar-refractivity contribution in [2.45, 2.75) is 31.2 Å². The van der Waals surface area contributed by atoms with Gasteiger partial charge in [0.25, 0.3) is 0 Å². The lowest BCUT2D eigenvalue weighted by Gasteiger charge is -2.35. The smallest absolute Gasteiger partial charge is 0.226 e. The first-order chi connectivity index (χ1) is 10.9. The van der Waals surface area contributed by atoms with Crippen molar-refractivity contribution in [2.75, 3.05) is 26.4 Å². The summed E-state index contributed by atoms with van der Waals surface area (Å²) in [4.78, 5) is 14.5. The van der Waals surface area contributed by atoms with Crippen LogP contribution in [0, 0.1) is 5.92 Å². The number of hydrogen-bond donors (Lipinski definition) is 0. The maximum absolute atomic E-state index is 12.6. The average Bonchev–Trinajstić information content (AvgIpc) is 3.34. The van der Waals surface area contributed by atoms with E-state index in [4.69, 9.17) is 0 Å². The van der Waals surface area contributed by atoms with Crippen molar-refractivity contribution >= 4 is 15.9 Å². The van der Waals surface area contributed by atoms with E-state index in [0.717, 1.165) is 19.3 Å². The van der Waals surface area contributed by atoms with E-state index in [1.54, 1.807) is 7.05 Å². The van der Waals surface area contributed by atoms with Gasteiger partial charge in [-0.3, -0.25) is 4.79 Å². The van der Waals surface area contributed by atoms with Gasteiger partial charge in [0.05, 0.1) is 6.26 Å². The number of rotatable bonds is 4. The van der Waals surface area contributed by atoms with Crippen LogP contribution in [0.1, 0.15) is 30.7 Å². The Kier molecular flexibility index (Phi) is 4.47. The molecule has 5 nitrogen and oxygen atoms in total. The summed E-state index contributed by atoms with van der Waals surface area (Å²) in [6.45, 7) is 1.31. The van der Waals surface area contributed by atoms with Crippen molar-refractivity contribution < 1.29 is 13.2 Å². The van der Waals surface area contributed by atoms with Crippen molar-refractivity contribution in [3.8, 4) is 0 Å². The summed E-state index contributed by atoms with van der Waals surface area (Å²) < 4.78 is 24.7. The van der Waals surface area contributed by atoms with Crippen molar-refractivity contribution in [1.29, 1.82) is 0 Å². The van der Waals surface area contributed by atoms with Gasteiger partial charge < -0.3 is 4.90 Å². The van der Waals surface area contributed by atoms with E-state index in [1.807, 2.05) is 23.1 Å². The molecule has 1 saturated heterocycles. The van der Waals surface area contributed by atoms with Gasteiger partial charge in [0.2, 0.25) is 15.9 Å². The number of likely N-dealkylation sites (tertiary alicyclic amines) is 1. The topological polar surface area (TPSA) is 57.7 Å². The quantitative estimate of drug-likeness (QED) is 0.840. The number of nitrogens with zero attached hydrogens (tertiary/aromatic N) is 2. The molecule has 0 spiro atoms. The second-order valence-corrected chi connectivity index (χ2v) is 8.74. The second kappa shape index (κ2) is 6.24. The molecular weight excluding hydrogens is 312 g/mol. The molecule has 2 aliphatic rings. The summed E-state index contributed by atoms with van der Waals surface area (Å²) in [6, 6.07) is 10.2. The molecule has 0 aromatic heterocycles. The Morgan fingerprint density at radius 2 is 1.78 bits per heavy atom. The molecule has 1 amide bonds. The zero-order chi connectivity index (χ0) is 16.6. The highest BCUT2D eigenvalue weighted by molar-refractivity contribution is 7.88. The van der Waals surface area contributed by atoms with Gasteiger partial charge in [-0.1, -0.05) is 30.3 Å². The standard InChI is InChI=1S/C17H24N2O3S/c1-18(23(2,21)22)14-8-10-19(11-9-14)17(20)16-12-15(16)13-6-4-3-5-7-13/h3-7,14-16H,8-12H2,1-2H3/t15-,16-/m1/s1. The van der Waals surface area contributed by atoms with Crippen molar-refractivity contribution in [1.82, 2.24) is 9.21 Å². The number of carbonyl (C=O) groups is 1. The Bertz CT molecular complexity index is 666. The molecule has 0 bridgehead atoms. The van der Waals surface area contributed by atoms with Gasteiger partial charge in [-0.2, -0.15) is 0 Å². The van der Waals surface area contributed by atoms with E-state index in [2.05, 4.69) is 12.1 Å². The third kappa shape index (κ3) is 3.58. The SMILES string of the molecule is CN(C1CCN(C(=O)[C@@H]2C[C@@H]2c2ccccc2)CC1)S(C)(=O)=O. The molecule has 1 aliphatic heterocycles. The van der Waals surface area contributed by atoms with E-state index >= 15 is 0 Å². The molecule has 2 atom stereocenters. The third-order valence-corrected chi connectivity index (χ3v) is 6.49. The molecule has 1 aromatic rings. The molecule has 3 rings (SSSR count). The van der Waals surface area contributed by atoms with Gasteiger partial charge in [0, 0.05) is 32.1 Å². The Labute approximate surface area is 138 Å². The summed E-state index contributed by atoms with van der Waals surface area (Å²) in [6.07, 6.45) is 3.61. The van der Waals surface area contributed by atoms with Crippen LogP contribution >= 0.6 is 0 Å². The van der Waals surface area contributed by atoms with Gasteiger partial charge >= 0.3 is 0 Å². The third-order valence-electron chi connectivity index (χ3n) is 5.15. The van der Waals surface area contributed by atoms with Gasteiger partial charge in [-0.15, -0.1) is 0 Å².